The van der Waals surface area contributed by atoms with Crippen molar-refractivity contribution in [2.45, 2.75) is 38.3 Å². The molecule has 0 bridgehead atoms. The summed E-state index contributed by atoms with van der Waals surface area (Å²) in [6.07, 6.45) is -8.02. The van der Waals surface area contributed by atoms with E-state index < -0.39 is 29.2 Å². The highest BCUT2D eigenvalue weighted by Gasteiger charge is 2.36. The zero-order valence-electron chi connectivity index (χ0n) is 16.1. The zero-order chi connectivity index (χ0) is 22.3. The van der Waals surface area contributed by atoms with Crippen molar-refractivity contribution in [3.8, 4) is 6.07 Å². The summed E-state index contributed by atoms with van der Waals surface area (Å²) in [4.78, 5) is 7.16. The van der Waals surface area contributed by atoms with Crippen LogP contribution < -0.4 is 9.80 Å². The summed E-state index contributed by atoms with van der Waals surface area (Å²) < 4.78 is 78.1. The lowest BCUT2D eigenvalue weighted by atomic mass is 10.0. The van der Waals surface area contributed by atoms with Crippen molar-refractivity contribution in [3.63, 3.8) is 0 Å². The largest absolute Gasteiger partial charge is 0.433 e. The van der Waals surface area contributed by atoms with Crippen LogP contribution in [0.3, 0.4) is 0 Å². The summed E-state index contributed by atoms with van der Waals surface area (Å²) in [7, 11) is 0. The molecule has 0 N–H and O–H groups in total. The number of halogens is 6. The third-order valence-corrected chi connectivity index (χ3v) is 5.12. The van der Waals surface area contributed by atoms with E-state index in [-0.39, 0.29) is 12.1 Å². The lowest BCUT2D eigenvalue weighted by Gasteiger charge is -2.46. The smallest absolute Gasteiger partial charge is 0.365 e. The molecule has 2 heterocycles. The fraction of sp³-hybridized carbons (Fsp3) is 0.400. The molecule has 1 aromatic carbocycles. The zero-order valence-corrected chi connectivity index (χ0v) is 16.1. The minimum atomic E-state index is -4.65. The molecule has 160 valence electrons. The van der Waals surface area contributed by atoms with Crippen molar-refractivity contribution in [2.75, 3.05) is 22.9 Å². The molecule has 1 aromatic heterocycles. The Bertz CT molecular complexity index is 946. The van der Waals surface area contributed by atoms with Gasteiger partial charge in [-0.2, -0.15) is 31.6 Å². The SMILES string of the molecule is C[C@@H]1CN(c2ccc(C#N)c(C(F)(F)F)c2)[C@@H](C)CN1c1ccc(C(F)(F)F)nc1. The Hall–Kier alpha value is -2.96. The molecule has 0 spiro atoms. The highest BCUT2D eigenvalue weighted by atomic mass is 19.4. The van der Waals surface area contributed by atoms with Gasteiger partial charge < -0.3 is 9.80 Å². The maximum Gasteiger partial charge on any atom is 0.433 e. The summed E-state index contributed by atoms with van der Waals surface area (Å²) in [5.41, 5.74) is -1.57. The van der Waals surface area contributed by atoms with Gasteiger partial charge in [-0.3, -0.25) is 0 Å². The monoisotopic (exact) mass is 428 g/mol. The third-order valence-electron chi connectivity index (χ3n) is 5.12. The number of aromatic nitrogens is 1. The number of piperazine rings is 1. The minimum Gasteiger partial charge on any atom is -0.365 e. The predicted molar refractivity (Wildman–Crippen MR) is 99.0 cm³/mol. The van der Waals surface area contributed by atoms with Crippen LogP contribution in [0.2, 0.25) is 0 Å². The number of alkyl halides is 6. The third kappa shape index (κ3) is 4.30. The summed E-state index contributed by atoms with van der Waals surface area (Å²) >= 11 is 0. The van der Waals surface area contributed by atoms with Gasteiger partial charge in [0.05, 0.1) is 29.1 Å². The van der Waals surface area contributed by atoms with Crippen LogP contribution in [0.5, 0.6) is 0 Å². The number of hydrogen-bond donors (Lipinski definition) is 0. The maximum absolute atomic E-state index is 13.3. The van der Waals surface area contributed by atoms with E-state index in [1.165, 1.54) is 12.1 Å². The number of benzene rings is 1. The maximum atomic E-state index is 13.3. The molecular formula is C20H18F6N4. The summed E-state index contributed by atoms with van der Waals surface area (Å²) in [6, 6.07) is 7.01. The van der Waals surface area contributed by atoms with Crippen LogP contribution in [-0.2, 0) is 12.4 Å². The van der Waals surface area contributed by atoms with Crippen LogP contribution in [0.1, 0.15) is 30.7 Å². The first-order valence-electron chi connectivity index (χ1n) is 9.09. The molecule has 1 aliphatic rings. The molecule has 0 aliphatic carbocycles. The Morgan fingerprint density at radius 2 is 1.47 bits per heavy atom. The molecule has 0 radical (unpaired) electrons. The van der Waals surface area contributed by atoms with E-state index in [0.717, 1.165) is 24.4 Å². The van der Waals surface area contributed by atoms with Crippen LogP contribution in [0.15, 0.2) is 36.5 Å². The molecule has 2 aromatic rings. The van der Waals surface area contributed by atoms with E-state index >= 15 is 0 Å². The molecule has 1 saturated heterocycles. The molecule has 0 unspecified atom stereocenters. The second-order valence-electron chi connectivity index (χ2n) is 7.24. The fourth-order valence-electron chi connectivity index (χ4n) is 3.61. The average Bonchev–Trinajstić information content (AvgIpc) is 2.67. The summed E-state index contributed by atoms with van der Waals surface area (Å²) in [6.45, 7) is 4.40. The van der Waals surface area contributed by atoms with Gasteiger partial charge in [0.25, 0.3) is 0 Å². The first-order chi connectivity index (χ1) is 13.9. The van der Waals surface area contributed by atoms with Crippen LogP contribution >= 0.6 is 0 Å². The van der Waals surface area contributed by atoms with Crippen molar-refractivity contribution >= 4 is 11.4 Å². The normalized spacial score (nSPS) is 20.2. The van der Waals surface area contributed by atoms with Crippen LogP contribution in [0.4, 0.5) is 37.7 Å². The van der Waals surface area contributed by atoms with Gasteiger partial charge in [0.2, 0.25) is 0 Å². The van der Waals surface area contributed by atoms with E-state index in [1.807, 2.05) is 18.7 Å². The van der Waals surface area contributed by atoms with E-state index in [0.29, 0.717) is 24.5 Å². The van der Waals surface area contributed by atoms with Crippen molar-refractivity contribution in [2.24, 2.45) is 0 Å². The summed E-state index contributed by atoms with van der Waals surface area (Å²) in [5, 5.41) is 8.96. The summed E-state index contributed by atoms with van der Waals surface area (Å²) in [5.74, 6) is 0. The number of pyridine rings is 1. The van der Waals surface area contributed by atoms with Crippen molar-refractivity contribution in [3.05, 3.63) is 53.3 Å². The number of nitriles is 1. The van der Waals surface area contributed by atoms with Gasteiger partial charge in [-0.25, -0.2) is 4.98 Å². The first-order valence-corrected chi connectivity index (χ1v) is 9.09. The van der Waals surface area contributed by atoms with Crippen LogP contribution in [0, 0.1) is 11.3 Å². The molecule has 4 nitrogen and oxygen atoms in total. The van der Waals surface area contributed by atoms with Gasteiger partial charge in [-0.05, 0) is 44.2 Å². The number of nitrogens with zero attached hydrogens (tertiary/aromatic N) is 4. The van der Waals surface area contributed by atoms with E-state index in [9.17, 15) is 26.3 Å². The molecule has 1 aliphatic heterocycles. The van der Waals surface area contributed by atoms with Crippen molar-refractivity contribution < 1.29 is 26.3 Å². The van der Waals surface area contributed by atoms with E-state index in [2.05, 4.69) is 4.98 Å². The Labute approximate surface area is 169 Å². The molecule has 2 atom stereocenters. The second kappa shape index (κ2) is 7.70. The van der Waals surface area contributed by atoms with Gasteiger partial charge in [-0.15, -0.1) is 0 Å². The first kappa shape index (κ1) is 21.7. The van der Waals surface area contributed by atoms with Gasteiger partial charge in [0.15, 0.2) is 0 Å². The minimum absolute atomic E-state index is 0.190. The standard InChI is InChI=1S/C20H18F6N4/c1-12-11-30(16-5-6-18(28-9-16)20(24,25)26)13(2)10-29(12)15-4-3-14(8-27)17(7-15)19(21,22)23/h3-7,9,12-13H,10-11H2,1-2H3/t12-,13+/m0/s1. The van der Waals surface area contributed by atoms with E-state index in [4.69, 9.17) is 5.26 Å². The predicted octanol–water partition coefficient (Wildman–Crippen LogP) is 5.09. The number of hydrogen-bond acceptors (Lipinski definition) is 4. The van der Waals surface area contributed by atoms with Gasteiger partial charge in [-0.1, -0.05) is 0 Å². The van der Waals surface area contributed by atoms with Crippen LogP contribution in [0.25, 0.3) is 0 Å². The van der Waals surface area contributed by atoms with E-state index in [1.54, 1.807) is 11.0 Å². The molecule has 0 saturated carbocycles. The van der Waals surface area contributed by atoms with Gasteiger partial charge in [0, 0.05) is 30.9 Å². The highest BCUT2D eigenvalue weighted by molar-refractivity contribution is 5.58. The molecule has 30 heavy (non-hydrogen) atoms. The topological polar surface area (TPSA) is 43.2 Å². The Kier molecular flexibility index (Phi) is 5.58. The molecular weight excluding hydrogens is 410 g/mol. The molecule has 1 fully saturated rings. The Morgan fingerprint density at radius 1 is 0.900 bits per heavy atom. The Morgan fingerprint density at radius 3 is 1.93 bits per heavy atom. The van der Waals surface area contributed by atoms with Crippen molar-refractivity contribution in [1.82, 2.24) is 4.98 Å². The Balaban J connectivity index is 1.84. The number of anilines is 2. The number of rotatable bonds is 2. The van der Waals surface area contributed by atoms with Gasteiger partial charge in [0.1, 0.15) is 5.69 Å². The quantitative estimate of drug-likeness (QED) is 0.625. The van der Waals surface area contributed by atoms with Gasteiger partial charge >= 0.3 is 12.4 Å². The van der Waals surface area contributed by atoms with Crippen molar-refractivity contribution in [1.29, 1.82) is 5.26 Å². The molecule has 0 amide bonds. The molecule has 3 rings (SSSR count). The molecule has 10 heteroatoms. The van der Waals surface area contributed by atoms with Crippen LogP contribution in [-0.4, -0.2) is 30.2 Å². The average molecular weight is 428 g/mol. The lowest BCUT2D eigenvalue weighted by Crippen LogP contribution is -2.57. The lowest BCUT2D eigenvalue weighted by molar-refractivity contribution is -0.141. The fourth-order valence-corrected chi connectivity index (χ4v) is 3.61. The second-order valence-corrected chi connectivity index (χ2v) is 7.24. The highest BCUT2D eigenvalue weighted by Crippen LogP contribution is 2.36.